The third-order valence-electron chi connectivity index (χ3n) is 2.61. The summed E-state index contributed by atoms with van der Waals surface area (Å²) in [6.45, 7) is 9.66. The lowest BCUT2D eigenvalue weighted by molar-refractivity contribution is 0.586. The van der Waals surface area contributed by atoms with Gasteiger partial charge in [0.25, 0.3) is 0 Å². The molecule has 0 atom stereocenters. The summed E-state index contributed by atoms with van der Waals surface area (Å²) in [6.07, 6.45) is 1.22. The number of thioether (sulfide) groups is 1. The summed E-state index contributed by atoms with van der Waals surface area (Å²) in [5, 5.41) is 4.51. The minimum Gasteiger partial charge on any atom is -0.269 e. The van der Waals surface area contributed by atoms with Gasteiger partial charge in [-0.1, -0.05) is 6.92 Å². The normalized spacial score (nSPS) is 10.9. The van der Waals surface area contributed by atoms with Crippen LogP contribution in [0, 0.1) is 20.8 Å². The number of nitrogens with zero attached hydrogens (tertiary/aromatic N) is 2. The zero-order valence-corrected chi connectivity index (χ0v) is 10.4. The van der Waals surface area contributed by atoms with Crippen molar-refractivity contribution in [1.29, 1.82) is 0 Å². The molecule has 1 heterocycles. The summed E-state index contributed by atoms with van der Waals surface area (Å²) in [4.78, 5) is 0. The number of aromatic nitrogens is 2. The highest BCUT2D eigenvalue weighted by molar-refractivity contribution is 7.99. The Bertz CT molecular complexity index is 292. The zero-order chi connectivity index (χ0) is 10.6. The van der Waals surface area contributed by atoms with Gasteiger partial charge in [-0.15, -0.1) is 0 Å². The largest absolute Gasteiger partial charge is 0.269 e. The first-order valence-electron chi connectivity index (χ1n) is 5.25. The molecule has 0 aliphatic carbocycles. The van der Waals surface area contributed by atoms with Crippen LogP contribution < -0.4 is 0 Å². The van der Waals surface area contributed by atoms with Gasteiger partial charge in [-0.2, -0.15) is 16.9 Å². The third kappa shape index (κ3) is 2.77. The molecular formula is C11H20N2S. The van der Waals surface area contributed by atoms with Crippen molar-refractivity contribution in [3.8, 4) is 0 Å². The smallest absolute Gasteiger partial charge is 0.0625 e. The highest BCUT2D eigenvalue weighted by Crippen LogP contribution is 2.12. The van der Waals surface area contributed by atoms with Gasteiger partial charge in [-0.25, -0.2) is 0 Å². The molecule has 3 heteroatoms. The molecule has 0 unspecified atom stereocenters. The van der Waals surface area contributed by atoms with Crippen LogP contribution in [0.4, 0.5) is 0 Å². The first-order chi connectivity index (χ1) is 6.66. The van der Waals surface area contributed by atoms with Gasteiger partial charge in [-0.05, 0) is 44.3 Å². The van der Waals surface area contributed by atoms with Gasteiger partial charge in [0.05, 0.1) is 5.69 Å². The Kier molecular flexibility index (Phi) is 4.52. The minimum atomic E-state index is 1.06. The van der Waals surface area contributed by atoms with Crippen LogP contribution in [-0.4, -0.2) is 21.3 Å². The van der Waals surface area contributed by atoms with E-state index in [9.17, 15) is 0 Å². The number of rotatable bonds is 5. The van der Waals surface area contributed by atoms with Crippen molar-refractivity contribution in [2.75, 3.05) is 11.5 Å². The van der Waals surface area contributed by atoms with E-state index in [4.69, 9.17) is 0 Å². The number of aryl methyl sites for hydroxylation is 2. The van der Waals surface area contributed by atoms with Crippen molar-refractivity contribution in [2.45, 2.75) is 40.7 Å². The fourth-order valence-corrected chi connectivity index (χ4v) is 2.09. The monoisotopic (exact) mass is 212 g/mol. The van der Waals surface area contributed by atoms with Gasteiger partial charge < -0.3 is 0 Å². The fraction of sp³-hybridized carbons (Fsp3) is 0.727. The van der Waals surface area contributed by atoms with Crippen LogP contribution in [0.15, 0.2) is 0 Å². The van der Waals surface area contributed by atoms with E-state index in [-0.39, 0.29) is 0 Å². The molecule has 2 nitrogen and oxygen atoms in total. The molecule has 0 aromatic carbocycles. The maximum Gasteiger partial charge on any atom is 0.0625 e. The SMILES string of the molecule is CCSCCCn1nc(C)c(C)c1C. The maximum absolute atomic E-state index is 4.51. The van der Waals surface area contributed by atoms with Crippen LogP contribution in [0.1, 0.15) is 30.3 Å². The average molecular weight is 212 g/mol. The fourth-order valence-electron chi connectivity index (χ4n) is 1.46. The zero-order valence-electron chi connectivity index (χ0n) is 9.63. The van der Waals surface area contributed by atoms with Crippen molar-refractivity contribution in [3.05, 3.63) is 17.0 Å². The predicted molar refractivity (Wildman–Crippen MR) is 64.1 cm³/mol. The molecule has 0 saturated heterocycles. The van der Waals surface area contributed by atoms with Gasteiger partial charge in [0.1, 0.15) is 0 Å². The molecule has 0 saturated carbocycles. The van der Waals surface area contributed by atoms with Crippen molar-refractivity contribution in [3.63, 3.8) is 0 Å². The third-order valence-corrected chi connectivity index (χ3v) is 3.59. The van der Waals surface area contributed by atoms with Gasteiger partial charge in [0.2, 0.25) is 0 Å². The number of hydrogen-bond acceptors (Lipinski definition) is 2. The van der Waals surface area contributed by atoms with Crippen LogP contribution in [0.5, 0.6) is 0 Å². The molecule has 1 aromatic rings. The predicted octanol–water partition coefficient (Wildman–Crippen LogP) is 2.95. The van der Waals surface area contributed by atoms with Crippen molar-refractivity contribution in [2.24, 2.45) is 0 Å². The number of hydrogen-bond donors (Lipinski definition) is 0. The molecule has 0 amide bonds. The van der Waals surface area contributed by atoms with E-state index in [2.05, 4.69) is 37.5 Å². The summed E-state index contributed by atoms with van der Waals surface area (Å²) < 4.78 is 2.14. The summed E-state index contributed by atoms with van der Waals surface area (Å²) in [6, 6.07) is 0. The van der Waals surface area contributed by atoms with Gasteiger partial charge in [-0.3, -0.25) is 4.68 Å². The van der Waals surface area contributed by atoms with E-state index in [0.29, 0.717) is 0 Å². The standard InChI is InChI=1S/C11H20N2S/c1-5-14-8-6-7-13-11(4)9(2)10(3)12-13/h5-8H2,1-4H3. The van der Waals surface area contributed by atoms with E-state index < -0.39 is 0 Å². The lowest BCUT2D eigenvalue weighted by Crippen LogP contribution is -2.03. The minimum absolute atomic E-state index is 1.06. The van der Waals surface area contributed by atoms with Crippen LogP contribution >= 0.6 is 11.8 Å². The molecule has 0 N–H and O–H groups in total. The van der Waals surface area contributed by atoms with Crippen molar-refractivity contribution < 1.29 is 0 Å². The highest BCUT2D eigenvalue weighted by Gasteiger charge is 2.05. The molecule has 1 aromatic heterocycles. The Hall–Kier alpha value is -0.440. The van der Waals surface area contributed by atoms with Crippen LogP contribution in [-0.2, 0) is 6.54 Å². The average Bonchev–Trinajstić information content (AvgIpc) is 2.41. The van der Waals surface area contributed by atoms with E-state index in [1.165, 1.54) is 34.9 Å². The second kappa shape index (κ2) is 5.44. The summed E-state index contributed by atoms with van der Waals surface area (Å²) in [7, 11) is 0. The molecule has 0 spiro atoms. The maximum atomic E-state index is 4.51. The summed E-state index contributed by atoms with van der Waals surface area (Å²) in [5.74, 6) is 2.46. The van der Waals surface area contributed by atoms with Gasteiger partial charge in [0.15, 0.2) is 0 Å². The summed E-state index contributed by atoms with van der Waals surface area (Å²) >= 11 is 2.00. The quantitative estimate of drug-likeness (QED) is 0.698. The van der Waals surface area contributed by atoms with Gasteiger partial charge >= 0.3 is 0 Å². The molecule has 0 bridgehead atoms. The molecule has 80 valence electrons. The topological polar surface area (TPSA) is 17.8 Å². The van der Waals surface area contributed by atoms with E-state index in [0.717, 1.165) is 6.54 Å². The Morgan fingerprint density at radius 3 is 2.50 bits per heavy atom. The van der Waals surface area contributed by atoms with Crippen molar-refractivity contribution >= 4 is 11.8 Å². The Morgan fingerprint density at radius 2 is 2.00 bits per heavy atom. The molecule has 14 heavy (non-hydrogen) atoms. The molecule has 0 radical (unpaired) electrons. The van der Waals surface area contributed by atoms with E-state index in [1.54, 1.807) is 0 Å². The molecule has 0 aliphatic heterocycles. The lowest BCUT2D eigenvalue weighted by atomic mass is 10.2. The van der Waals surface area contributed by atoms with E-state index in [1.807, 2.05) is 11.8 Å². The van der Waals surface area contributed by atoms with E-state index >= 15 is 0 Å². The second-order valence-electron chi connectivity index (χ2n) is 3.57. The second-order valence-corrected chi connectivity index (χ2v) is 4.96. The highest BCUT2D eigenvalue weighted by atomic mass is 32.2. The van der Waals surface area contributed by atoms with Crippen molar-refractivity contribution in [1.82, 2.24) is 9.78 Å². The lowest BCUT2D eigenvalue weighted by Gasteiger charge is -2.03. The molecule has 0 aliphatic rings. The van der Waals surface area contributed by atoms with Crippen LogP contribution in [0.2, 0.25) is 0 Å². The molecular weight excluding hydrogens is 192 g/mol. The molecule has 0 fully saturated rings. The summed E-state index contributed by atoms with van der Waals surface area (Å²) in [5.41, 5.74) is 3.84. The first-order valence-corrected chi connectivity index (χ1v) is 6.40. The Balaban J connectivity index is 2.47. The first kappa shape index (κ1) is 11.6. The molecule has 1 rings (SSSR count). The Morgan fingerprint density at radius 1 is 1.29 bits per heavy atom. The Labute approximate surface area is 91.1 Å². The van der Waals surface area contributed by atoms with Crippen LogP contribution in [0.25, 0.3) is 0 Å². The van der Waals surface area contributed by atoms with Crippen LogP contribution in [0.3, 0.4) is 0 Å². The van der Waals surface area contributed by atoms with Gasteiger partial charge in [0, 0.05) is 12.2 Å².